The van der Waals surface area contributed by atoms with Crippen LogP contribution in [0.15, 0.2) is 24.4 Å². The summed E-state index contributed by atoms with van der Waals surface area (Å²) in [4.78, 5) is 3.91. The molecule has 0 radical (unpaired) electrons. The number of rotatable bonds is 1. The Morgan fingerprint density at radius 3 is 2.56 bits per heavy atom. The second-order valence-electron chi connectivity index (χ2n) is 1.50. The molecular weight excluding hydrogens is 139 g/mol. The summed E-state index contributed by atoms with van der Waals surface area (Å²) in [5.74, 6) is 0. The molecule has 0 aliphatic rings. The van der Waals surface area contributed by atoms with Crippen LogP contribution in [0, 0.1) is 0 Å². The summed E-state index contributed by atoms with van der Waals surface area (Å²) in [6.45, 7) is 0.279. The average molecular weight is 146 g/mol. The van der Waals surface area contributed by atoms with Gasteiger partial charge >= 0.3 is 51.4 Å². The van der Waals surface area contributed by atoms with Crippen molar-refractivity contribution < 1.29 is 51.4 Å². The third-order valence-corrected chi connectivity index (χ3v) is 0.907. The molecule has 1 aromatic rings. The van der Waals surface area contributed by atoms with Crippen LogP contribution >= 0.6 is 0 Å². The van der Waals surface area contributed by atoms with Gasteiger partial charge in [-0.3, -0.25) is 4.98 Å². The Balaban J connectivity index is 0.000000640. The predicted octanol–water partition coefficient (Wildman–Crippen LogP) is -1.36. The van der Waals surface area contributed by atoms with Crippen LogP contribution in [0.5, 0.6) is 0 Å². The van der Waals surface area contributed by atoms with Crippen LogP contribution < -0.4 is 51.4 Å². The van der Waals surface area contributed by atoms with Crippen molar-refractivity contribution in [2.24, 2.45) is 0 Å². The normalized spacial score (nSPS) is 8.11. The first-order valence-electron chi connectivity index (χ1n) is 2.48. The van der Waals surface area contributed by atoms with Crippen LogP contribution in [-0.2, 0) is 6.54 Å². The van der Waals surface area contributed by atoms with Gasteiger partial charge in [-0.05, 0) is 12.1 Å². The average Bonchev–Trinajstić information content (AvgIpc) is 1.90. The zero-order chi connectivity index (χ0) is 5.82. The van der Waals surface area contributed by atoms with Crippen molar-refractivity contribution in [3.63, 3.8) is 0 Å². The van der Waals surface area contributed by atoms with Gasteiger partial charge in [0.05, 0.1) is 0 Å². The van der Waals surface area contributed by atoms with E-state index in [0.29, 0.717) is 0 Å². The molecule has 1 N–H and O–H groups in total. The van der Waals surface area contributed by atoms with Crippen LogP contribution in [0.25, 0.3) is 5.73 Å². The predicted molar refractivity (Wildman–Crippen MR) is 32.3 cm³/mol. The number of hydrogen-bond acceptors (Lipinski definition) is 1. The molecule has 0 atom stereocenters. The molecule has 1 rings (SSSR count). The minimum atomic E-state index is 0. The Bertz CT molecular complexity index is 152. The van der Waals surface area contributed by atoms with E-state index in [1.165, 1.54) is 0 Å². The molecule has 1 heterocycles. The number of pyridine rings is 1. The maximum Gasteiger partial charge on any atom is 1.00 e. The van der Waals surface area contributed by atoms with Gasteiger partial charge in [0.2, 0.25) is 0 Å². The Morgan fingerprint density at radius 2 is 2.22 bits per heavy atom. The summed E-state index contributed by atoms with van der Waals surface area (Å²) < 4.78 is 0. The largest absolute Gasteiger partial charge is 1.00 e. The van der Waals surface area contributed by atoms with E-state index in [0.717, 1.165) is 5.69 Å². The van der Waals surface area contributed by atoms with Crippen molar-refractivity contribution in [3.8, 4) is 0 Å². The molecule has 0 amide bonds. The van der Waals surface area contributed by atoms with Crippen LogP contribution in [0.1, 0.15) is 5.69 Å². The number of nitrogens with one attached hydrogen (secondary N) is 1. The third kappa shape index (κ3) is 3.45. The van der Waals surface area contributed by atoms with Gasteiger partial charge in [-0.1, -0.05) is 6.07 Å². The zero-order valence-corrected chi connectivity index (χ0v) is 8.59. The maximum absolute atomic E-state index is 6.88. The van der Waals surface area contributed by atoms with E-state index in [1.807, 2.05) is 18.2 Å². The van der Waals surface area contributed by atoms with Crippen molar-refractivity contribution in [1.82, 2.24) is 4.98 Å². The van der Waals surface area contributed by atoms with Crippen LogP contribution in [0.4, 0.5) is 0 Å². The molecular formula is C6H7KN2. The van der Waals surface area contributed by atoms with E-state index in [1.54, 1.807) is 6.20 Å². The molecule has 0 spiro atoms. The van der Waals surface area contributed by atoms with E-state index in [4.69, 9.17) is 5.73 Å². The van der Waals surface area contributed by atoms with E-state index < -0.39 is 0 Å². The summed E-state index contributed by atoms with van der Waals surface area (Å²) >= 11 is 0. The van der Waals surface area contributed by atoms with Gasteiger partial charge in [0.25, 0.3) is 0 Å². The number of aromatic nitrogens is 1. The second-order valence-corrected chi connectivity index (χ2v) is 1.50. The summed E-state index contributed by atoms with van der Waals surface area (Å²) in [6.07, 6.45) is 1.70. The first kappa shape index (κ1) is 9.75. The van der Waals surface area contributed by atoms with Gasteiger partial charge in [0, 0.05) is 11.9 Å². The molecule has 0 aliphatic heterocycles. The number of nitrogens with zero attached hydrogens (tertiary/aromatic N) is 1. The fraction of sp³-hybridized carbons (Fsp3) is 0.167. The van der Waals surface area contributed by atoms with Crippen molar-refractivity contribution in [1.29, 1.82) is 0 Å². The van der Waals surface area contributed by atoms with Gasteiger partial charge < -0.3 is 5.73 Å². The van der Waals surface area contributed by atoms with Gasteiger partial charge in [0.1, 0.15) is 0 Å². The molecule has 0 aliphatic carbocycles. The van der Waals surface area contributed by atoms with E-state index >= 15 is 0 Å². The Morgan fingerprint density at radius 1 is 1.44 bits per heavy atom. The van der Waals surface area contributed by atoms with Crippen LogP contribution in [0.3, 0.4) is 0 Å². The topological polar surface area (TPSA) is 36.7 Å². The molecule has 3 heteroatoms. The molecule has 0 saturated carbocycles. The molecule has 9 heavy (non-hydrogen) atoms. The van der Waals surface area contributed by atoms with Gasteiger partial charge in [-0.25, -0.2) is 0 Å². The summed E-state index contributed by atoms with van der Waals surface area (Å²) in [7, 11) is 0. The first-order valence-corrected chi connectivity index (χ1v) is 2.48. The van der Waals surface area contributed by atoms with Crippen molar-refractivity contribution in [2.45, 2.75) is 6.54 Å². The quantitative estimate of drug-likeness (QED) is 0.451. The molecule has 0 fully saturated rings. The second kappa shape index (κ2) is 5.53. The maximum atomic E-state index is 6.88. The Hall–Kier alpha value is 0.746. The van der Waals surface area contributed by atoms with Crippen molar-refractivity contribution in [3.05, 3.63) is 35.8 Å². The smallest absolute Gasteiger partial charge is 0.672 e. The van der Waals surface area contributed by atoms with Gasteiger partial charge in [-0.2, -0.15) is 0 Å². The Labute approximate surface area is 97.3 Å². The Kier molecular flexibility index (Phi) is 5.98. The fourth-order valence-corrected chi connectivity index (χ4v) is 0.503. The monoisotopic (exact) mass is 146 g/mol. The third-order valence-electron chi connectivity index (χ3n) is 0.907. The SMILES string of the molecule is [K+].[NH-]Cc1ccccn1. The zero-order valence-electron chi connectivity index (χ0n) is 5.46. The summed E-state index contributed by atoms with van der Waals surface area (Å²) in [5.41, 5.74) is 7.71. The van der Waals surface area contributed by atoms with Gasteiger partial charge in [0.15, 0.2) is 0 Å². The van der Waals surface area contributed by atoms with Gasteiger partial charge in [-0.15, -0.1) is 6.54 Å². The standard InChI is InChI=1S/C6H7N2.K/c7-5-6-3-1-2-4-8-6;/h1-4,7H,5H2;/q-1;+1. The molecule has 0 unspecified atom stereocenters. The summed E-state index contributed by atoms with van der Waals surface area (Å²) in [5, 5.41) is 0. The minimum absolute atomic E-state index is 0. The number of hydrogen-bond donors (Lipinski definition) is 0. The van der Waals surface area contributed by atoms with E-state index in [-0.39, 0.29) is 57.9 Å². The minimum Gasteiger partial charge on any atom is -0.672 e. The van der Waals surface area contributed by atoms with Crippen molar-refractivity contribution in [2.75, 3.05) is 0 Å². The van der Waals surface area contributed by atoms with Crippen LogP contribution in [-0.4, -0.2) is 4.98 Å². The van der Waals surface area contributed by atoms with E-state index in [9.17, 15) is 0 Å². The molecule has 42 valence electrons. The molecule has 2 nitrogen and oxygen atoms in total. The molecule has 1 aromatic heterocycles. The first-order chi connectivity index (χ1) is 3.93. The van der Waals surface area contributed by atoms with Crippen LogP contribution in [0.2, 0.25) is 0 Å². The van der Waals surface area contributed by atoms with Crippen molar-refractivity contribution >= 4 is 0 Å². The molecule has 0 saturated heterocycles. The fourth-order valence-electron chi connectivity index (χ4n) is 0.503. The molecule has 0 bridgehead atoms. The molecule has 0 aromatic carbocycles. The van der Waals surface area contributed by atoms with E-state index in [2.05, 4.69) is 4.98 Å². The summed E-state index contributed by atoms with van der Waals surface area (Å²) in [6, 6.07) is 5.57.